The second-order valence-electron chi connectivity index (χ2n) is 11.8. The molecule has 2 amide bonds. The summed E-state index contributed by atoms with van der Waals surface area (Å²) in [5, 5.41) is 15.5. The minimum Gasteiger partial charge on any atom is -0.445 e. The third-order valence-corrected chi connectivity index (χ3v) is 11.6. The summed E-state index contributed by atoms with van der Waals surface area (Å²) in [5.74, 6) is -0.183. The summed E-state index contributed by atoms with van der Waals surface area (Å²) in [7, 11) is 4.50. The second-order valence-corrected chi connectivity index (χ2v) is 14.1. The third-order valence-electron chi connectivity index (χ3n) is 8.96. The molecule has 3 aliphatic rings. The third kappa shape index (κ3) is 5.53. The molecule has 0 aromatic heterocycles. The number of piperidine rings is 1. The molecule has 10 heteroatoms. The van der Waals surface area contributed by atoms with Gasteiger partial charge >= 0.3 is 6.09 Å². The van der Waals surface area contributed by atoms with Gasteiger partial charge in [0.15, 0.2) is 9.65 Å². The van der Waals surface area contributed by atoms with Gasteiger partial charge in [0, 0.05) is 18.4 Å². The number of anilines is 2. The Hall–Kier alpha value is -2.70. The van der Waals surface area contributed by atoms with Gasteiger partial charge in [-0.15, -0.1) is 0 Å². The standard InChI is InChI=1S/C32H33ClIN3O5/c1-37(2)27-16-22(17-32(37,34)30-29(27)42-30)41-31(40)36-26-15-19(8-11-23(26)21-6-4-3-5-7-21)10-13-28(39)35-25-12-9-20(18-38)14-24(25)33/h3-9,11-12,14-15,22,27,29-30,38H,10,13,16-18H2,1-2H3,(H-,35,36,39,40)/p+1/t22-,27-,29-,30+,32-/m0/s1. The minimum absolute atomic E-state index is 0.100. The van der Waals surface area contributed by atoms with Gasteiger partial charge in [-0.2, -0.15) is 0 Å². The molecule has 220 valence electrons. The number of benzene rings is 3. The van der Waals surface area contributed by atoms with Gasteiger partial charge in [0.25, 0.3) is 0 Å². The number of fused-ring (bicyclic) bond motifs is 5. The van der Waals surface area contributed by atoms with E-state index < -0.39 is 6.09 Å². The molecule has 3 fully saturated rings. The molecular formula is C32H34ClIN3O5+. The fraction of sp³-hybridized carbons (Fsp3) is 0.375. The Morgan fingerprint density at radius 1 is 1.07 bits per heavy atom. The Kier molecular flexibility index (Phi) is 7.99. The molecule has 3 aliphatic heterocycles. The molecule has 3 aromatic carbocycles. The average molecular weight is 703 g/mol. The van der Waals surface area contributed by atoms with Crippen LogP contribution in [0.1, 0.15) is 30.4 Å². The number of alkyl halides is 1. The summed E-state index contributed by atoms with van der Waals surface area (Å²) in [6.45, 7) is -0.121. The van der Waals surface area contributed by atoms with Gasteiger partial charge in [-0.3, -0.25) is 10.1 Å². The smallest absolute Gasteiger partial charge is 0.411 e. The summed E-state index contributed by atoms with van der Waals surface area (Å²) < 4.78 is 12.8. The largest absolute Gasteiger partial charge is 0.445 e. The van der Waals surface area contributed by atoms with Gasteiger partial charge in [-0.25, -0.2) is 4.79 Å². The fourth-order valence-electron chi connectivity index (χ4n) is 6.49. The van der Waals surface area contributed by atoms with Crippen molar-refractivity contribution in [1.29, 1.82) is 0 Å². The van der Waals surface area contributed by atoms with Crippen LogP contribution in [-0.2, 0) is 27.3 Å². The Labute approximate surface area is 264 Å². The molecule has 0 radical (unpaired) electrons. The number of amides is 2. The van der Waals surface area contributed by atoms with Crippen molar-refractivity contribution in [1.82, 2.24) is 0 Å². The number of hydrogen-bond donors (Lipinski definition) is 3. The maximum absolute atomic E-state index is 13.3. The number of aryl methyl sites for hydroxylation is 1. The van der Waals surface area contributed by atoms with E-state index in [0.717, 1.165) is 34.0 Å². The molecule has 3 aromatic rings. The molecular weight excluding hydrogens is 669 g/mol. The number of epoxide rings is 1. The summed E-state index contributed by atoms with van der Waals surface area (Å²) in [5.41, 5.74) is 4.55. The molecule has 6 rings (SSSR count). The molecule has 3 N–H and O–H groups in total. The van der Waals surface area contributed by atoms with E-state index >= 15 is 0 Å². The number of quaternary nitrogens is 1. The Morgan fingerprint density at radius 3 is 2.55 bits per heavy atom. The van der Waals surface area contributed by atoms with Crippen molar-refractivity contribution in [3.8, 4) is 11.1 Å². The van der Waals surface area contributed by atoms with Crippen LogP contribution in [0.25, 0.3) is 11.1 Å². The first-order valence-electron chi connectivity index (χ1n) is 14.1. The van der Waals surface area contributed by atoms with Gasteiger partial charge < -0.3 is 24.4 Å². The van der Waals surface area contributed by atoms with Crippen LogP contribution in [0.15, 0.2) is 66.7 Å². The first-order chi connectivity index (χ1) is 20.1. The van der Waals surface area contributed by atoms with Crippen molar-refractivity contribution in [3.05, 3.63) is 82.9 Å². The number of carbonyl (C=O) groups excluding carboxylic acids is 2. The molecule has 0 unspecified atom stereocenters. The molecule has 3 heterocycles. The lowest BCUT2D eigenvalue weighted by Gasteiger charge is -2.50. The molecule has 8 nitrogen and oxygen atoms in total. The molecule has 0 aliphatic carbocycles. The van der Waals surface area contributed by atoms with Crippen molar-refractivity contribution in [2.45, 2.75) is 60.2 Å². The predicted molar refractivity (Wildman–Crippen MR) is 171 cm³/mol. The van der Waals surface area contributed by atoms with E-state index in [4.69, 9.17) is 21.1 Å². The van der Waals surface area contributed by atoms with Crippen molar-refractivity contribution in [2.75, 3.05) is 24.7 Å². The normalized spacial score (nSPS) is 26.7. The van der Waals surface area contributed by atoms with E-state index in [2.05, 4.69) is 47.3 Å². The van der Waals surface area contributed by atoms with Crippen LogP contribution in [0.4, 0.5) is 16.2 Å². The highest BCUT2D eigenvalue weighted by Gasteiger charge is 2.78. The van der Waals surface area contributed by atoms with Crippen LogP contribution in [-0.4, -0.2) is 63.6 Å². The number of aliphatic hydroxyl groups is 1. The van der Waals surface area contributed by atoms with Gasteiger partial charge in [0.05, 0.1) is 43.5 Å². The Balaban J connectivity index is 1.14. The predicted octanol–water partition coefficient (Wildman–Crippen LogP) is 6.14. The van der Waals surface area contributed by atoms with Crippen molar-refractivity contribution < 1.29 is 28.7 Å². The van der Waals surface area contributed by atoms with Gasteiger partial charge in [-0.1, -0.05) is 60.1 Å². The average Bonchev–Trinajstić information content (AvgIpc) is 3.75. The number of carbonyl (C=O) groups is 2. The molecule has 0 saturated carbocycles. The number of ether oxygens (including phenoxy) is 2. The number of aliphatic hydroxyl groups excluding tert-OH is 1. The lowest BCUT2D eigenvalue weighted by Crippen LogP contribution is -2.65. The minimum atomic E-state index is -0.478. The first-order valence-corrected chi connectivity index (χ1v) is 15.6. The quantitative estimate of drug-likeness (QED) is 0.0862. The number of nitrogens with zero attached hydrogens (tertiary/aromatic N) is 1. The zero-order chi connectivity index (χ0) is 29.6. The van der Waals surface area contributed by atoms with E-state index in [0.29, 0.717) is 34.4 Å². The van der Waals surface area contributed by atoms with Crippen molar-refractivity contribution in [3.63, 3.8) is 0 Å². The lowest BCUT2D eigenvalue weighted by atomic mass is 9.96. The zero-order valence-corrected chi connectivity index (χ0v) is 26.4. The SMILES string of the molecule is C[N+]1(C)[C@H]2C[C@H](OC(=O)Nc3cc(CCC(=O)Nc4ccc(CO)cc4Cl)ccc3-c3ccccc3)C[C@@]1(I)[C@@H]1O[C@H]12. The zero-order valence-electron chi connectivity index (χ0n) is 23.5. The summed E-state index contributed by atoms with van der Waals surface area (Å²) in [4.78, 5) is 26.0. The van der Waals surface area contributed by atoms with Crippen molar-refractivity contribution >= 4 is 57.6 Å². The summed E-state index contributed by atoms with van der Waals surface area (Å²) in [6.07, 6.45) is 2.04. The molecule has 42 heavy (non-hydrogen) atoms. The number of hydrogen-bond acceptors (Lipinski definition) is 5. The van der Waals surface area contributed by atoms with E-state index in [1.165, 1.54) is 0 Å². The van der Waals surface area contributed by atoms with Gasteiger partial charge in [0.2, 0.25) is 5.91 Å². The van der Waals surface area contributed by atoms with Gasteiger partial charge in [-0.05, 0) is 63.9 Å². The number of nitrogens with one attached hydrogen (secondary N) is 2. The molecule has 0 spiro atoms. The van der Waals surface area contributed by atoms with Crippen LogP contribution in [0.3, 0.4) is 0 Å². The lowest BCUT2D eigenvalue weighted by molar-refractivity contribution is -0.943. The van der Waals surface area contributed by atoms with E-state index in [-0.39, 0.29) is 40.8 Å². The van der Waals surface area contributed by atoms with Crippen LogP contribution >= 0.6 is 34.2 Å². The van der Waals surface area contributed by atoms with Crippen LogP contribution in [0, 0.1) is 0 Å². The maximum Gasteiger partial charge on any atom is 0.411 e. The Bertz CT molecular complexity index is 1520. The number of halogens is 2. The van der Waals surface area contributed by atoms with Crippen LogP contribution < -0.4 is 10.6 Å². The second kappa shape index (κ2) is 11.4. The number of rotatable bonds is 8. The topological polar surface area (TPSA) is 100 Å². The maximum atomic E-state index is 13.3. The summed E-state index contributed by atoms with van der Waals surface area (Å²) >= 11 is 8.77. The number of likely N-dealkylation sites (N-methyl/N-ethyl adjacent to an activating group) is 1. The Morgan fingerprint density at radius 2 is 1.83 bits per heavy atom. The monoisotopic (exact) mass is 702 g/mol. The molecule has 5 atom stereocenters. The highest BCUT2D eigenvalue weighted by atomic mass is 127. The van der Waals surface area contributed by atoms with E-state index in [1.807, 2.05) is 48.5 Å². The highest BCUT2D eigenvalue weighted by molar-refractivity contribution is 14.1. The first kappa shape index (κ1) is 29.4. The highest BCUT2D eigenvalue weighted by Crippen LogP contribution is 2.61. The van der Waals surface area contributed by atoms with Crippen LogP contribution in [0.5, 0.6) is 0 Å². The number of morpholine rings is 1. The molecule has 2 bridgehead atoms. The van der Waals surface area contributed by atoms with E-state index in [1.54, 1.807) is 18.2 Å². The summed E-state index contributed by atoms with van der Waals surface area (Å²) in [6, 6.07) is 21.1. The van der Waals surface area contributed by atoms with Crippen LogP contribution in [0.2, 0.25) is 5.02 Å². The van der Waals surface area contributed by atoms with Gasteiger partial charge in [0.1, 0.15) is 18.2 Å². The van der Waals surface area contributed by atoms with Crippen molar-refractivity contribution in [2.24, 2.45) is 0 Å². The fourth-order valence-corrected chi connectivity index (χ4v) is 8.09. The van der Waals surface area contributed by atoms with E-state index in [9.17, 15) is 14.7 Å². The molecule has 3 saturated heterocycles.